The summed E-state index contributed by atoms with van der Waals surface area (Å²) in [6.45, 7) is 4.91. The predicted octanol–water partition coefficient (Wildman–Crippen LogP) is 12.4. The molecule has 260 valence electrons. The van der Waals surface area contributed by atoms with E-state index in [0.29, 0.717) is 29.1 Å². The van der Waals surface area contributed by atoms with Crippen molar-refractivity contribution in [1.29, 1.82) is 0 Å². The van der Waals surface area contributed by atoms with E-state index in [2.05, 4.69) is 85.2 Å². The van der Waals surface area contributed by atoms with Crippen LogP contribution in [-0.2, 0) is 5.41 Å². The van der Waals surface area contributed by atoms with E-state index in [1.54, 1.807) is 11.1 Å². The molecule has 3 nitrogen and oxygen atoms in total. The lowest BCUT2D eigenvalue weighted by Gasteiger charge is -2.48. The van der Waals surface area contributed by atoms with Crippen LogP contribution >= 0.6 is 0 Å². The molecule has 9 aliphatic carbocycles. The molecule has 9 aliphatic rings. The van der Waals surface area contributed by atoms with E-state index in [1.807, 2.05) is 0 Å². The van der Waals surface area contributed by atoms with Gasteiger partial charge in [0, 0.05) is 50.2 Å². The monoisotopic (exact) mass is 687 g/mol. The normalized spacial score (nSPS) is 34.5. The van der Waals surface area contributed by atoms with Crippen LogP contribution in [0.3, 0.4) is 0 Å². The van der Waals surface area contributed by atoms with E-state index < -0.39 is 0 Å². The van der Waals surface area contributed by atoms with Crippen LogP contribution in [0, 0.1) is 29.1 Å². The largest absolute Gasteiger partial charge is 0.305 e. The number of pyridine rings is 2. The molecule has 0 saturated heterocycles. The van der Waals surface area contributed by atoms with Gasteiger partial charge in [-0.1, -0.05) is 56.3 Å². The summed E-state index contributed by atoms with van der Waals surface area (Å²) in [4.78, 5) is 11.1. The molecule has 7 bridgehead atoms. The van der Waals surface area contributed by atoms with Gasteiger partial charge >= 0.3 is 0 Å². The molecule has 5 fully saturated rings. The Morgan fingerprint density at radius 3 is 2.00 bits per heavy atom. The molecule has 0 aliphatic heterocycles. The van der Waals surface area contributed by atoms with Crippen molar-refractivity contribution in [1.82, 2.24) is 14.4 Å². The van der Waals surface area contributed by atoms with Gasteiger partial charge in [-0.2, -0.15) is 0 Å². The number of benzene rings is 3. The Morgan fingerprint density at radius 2 is 1.23 bits per heavy atom. The van der Waals surface area contributed by atoms with Crippen molar-refractivity contribution >= 4 is 38.1 Å². The fraction of sp³-hybridized carbons (Fsp3) is 0.440. The van der Waals surface area contributed by atoms with Gasteiger partial charge in [-0.3, -0.25) is 9.97 Å². The van der Waals surface area contributed by atoms with Crippen molar-refractivity contribution in [3.63, 3.8) is 0 Å². The maximum Gasteiger partial charge on any atom is 0.0728 e. The van der Waals surface area contributed by atoms with E-state index in [-0.39, 0.29) is 5.41 Å². The van der Waals surface area contributed by atoms with Crippen molar-refractivity contribution in [2.75, 3.05) is 0 Å². The molecule has 4 aromatic heterocycles. The Kier molecular flexibility index (Phi) is 4.70. The number of fused-ring (bicyclic) bond motifs is 15. The molecule has 0 N–H and O–H groups in total. The minimum absolute atomic E-state index is 0.0674. The van der Waals surface area contributed by atoms with Crippen LogP contribution in [0.15, 0.2) is 67.0 Å². The molecule has 7 atom stereocenters. The predicted molar refractivity (Wildman–Crippen MR) is 213 cm³/mol. The summed E-state index contributed by atoms with van der Waals surface area (Å²) in [5.74, 6) is 6.22. The summed E-state index contributed by atoms with van der Waals surface area (Å²) in [7, 11) is 0. The molecule has 4 heterocycles. The number of hydrogen-bond donors (Lipinski definition) is 0. The van der Waals surface area contributed by atoms with Gasteiger partial charge in [-0.25, -0.2) is 0 Å². The first-order chi connectivity index (χ1) is 25.9. The average Bonchev–Trinajstić information content (AvgIpc) is 3.87. The smallest absolute Gasteiger partial charge is 0.0728 e. The third kappa shape index (κ3) is 3.06. The highest BCUT2D eigenvalue weighted by atomic mass is 15.0. The van der Waals surface area contributed by atoms with Crippen LogP contribution in [0.5, 0.6) is 0 Å². The van der Waals surface area contributed by atoms with Crippen LogP contribution in [0.1, 0.15) is 135 Å². The van der Waals surface area contributed by atoms with Crippen LogP contribution in [-0.4, -0.2) is 14.4 Å². The van der Waals surface area contributed by atoms with Crippen molar-refractivity contribution in [2.45, 2.75) is 107 Å². The first-order valence-corrected chi connectivity index (χ1v) is 21.2. The lowest BCUT2D eigenvalue weighted by Crippen LogP contribution is -2.41. The number of hydrogen-bond acceptors (Lipinski definition) is 2. The summed E-state index contributed by atoms with van der Waals surface area (Å²) in [6, 6.07) is 21.6. The van der Waals surface area contributed by atoms with E-state index in [1.165, 1.54) is 147 Å². The van der Waals surface area contributed by atoms with Crippen LogP contribution < -0.4 is 0 Å². The molecule has 7 aromatic rings. The highest BCUT2D eigenvalue weighted by Gasteiger charge is 2.66. The Morgan fingerprint density at radius 1 is 0.604 bits per heavy atom. The van der Waals surface area contributed by atoms with Gasteiger partial charge in [-0.15, -0.1) is 0 Å². The zero-order chi connectivity index (χ0) is 34.3. The fourth-order valence-corrected chi connectivity index (χ4v) is 16.2. The van der Waals surface area contributed by atoms with Gasteiger partial charge < -0.3 is 4.40 Å². The first-order valence-electron chi connectivity index (χ1n) is 21.2. The average molecular weight is 688 g/mol. The molecule has 53 heavy (non-hydrogen) atoms. The minimum atomic E-state index is -0.0674. The summed E-state index contributed by atoms with van der Waals surface area (Å²) in [5.41, 5.74) is 19.5. The summed E-state index contributed by atoms with van der Waals surface area (Å²) in [5, 5.41) is 6.02. The summed E-state index contributed by atoms with van der Waals surface area (Å²) < 4.78 is 2.66. The van der Waals surface area contributed by atoms with Crippen molar-refractivity contribution in [3.8, 4) is 22.3 Å². The Labute approximate surface area is 310 Å². The second-order valence-electron chi connectivity index (χ2n) is 20.2. The van der Waals surface area contributed by atoms with Crippen LogP contribution in [0.2, 0.25) is 0 Å². The van der Waals surface area contributed by atoms with E-state index >= 15 is 0 Å². The van der Waals surface area contributed by atoms with Crippen molar-refractivity contribution in [2.24, 2.45) is 29.1 Å². The molecule has 3 heteroatoms. The maximum atomic E-state index is 5.55. The second kappa shape index (κ2) is 8.83. The van der Waals surface area contributed by atoms with Gasteiger partial charge in [0.25, 0.3) is 0 Å². The Bertz CT molecular complexity index is 2840. The molecule has 1 spiro atoms. The van der Waals surface area contributed by atoms with Gasteiger partial charge in [-0.05, 0) is 162 Å². The zero-order valence-corrected chi connectivity index (χ0v) is 30.9. The molecular weight excluding hydrogens is 643 g/mol. The Balaban J connectivity index is 1.09. The quantitative estimate of drug-likeness (QED) is 0.172. The zero-order valence-electron chi connectivity index (χ0n) is 30.9. The number of rotatable bonds is 1. The molecule has 0 amide bonds. The molecule has 3 aromatic carbocycles. The third-order valence-electron chi connectivity index (χ3n) is 17.8. The molecular formula is C50H45N3. The highest BCUT2D eigenvalue weighted by molar-refractivity contribution is 6.26. The number of aromatic nitrogens is 3. The third-order valence-corrected chi connectivity index (χ3v) is 17.8. The van der Waals surface area contributed by atoms with Gasteiger partial charge in [0.2, 0.25) is 0 Å². The fourth-order valence-electron chi connectivity index (χ4n) is 16.2. The summed E-state index contributed by atoms with van der Waals surface area (Å²) in [6.07, 6.45) is 18.5. The van der Waals surface area contributed by atoms with Gasteiger partial charge in [0.1, 0.15) is 0 Å². The molecule has 0 radical (unpaired) electrons. The lowest BCUT2D eigenvalue weighted by atomic mass is 9.56. The SMILES string of the molecule is CC1(C)c2ccccc2-c2cccc(-c3cc4c5c6c(ncc5n5c7cnc8c(c7c(c3)c45)C3CC4CC5CC8CC54C3)C3CC4CC(C3)CC6C4)c21. The molecule has 16 rings (SSSR count). The maximum absolute atomic E-state index is 5.55. The van der Waals surface area contributed by atoms with Crippen molar-refractivity contribution < 1.29 is 0 Å². The first kappa shape index (κ1) is 28.2. The second-order valence-corrected chi connectivity index (χ2v) is 20.2. The Hall–Kier alpha value is -4.24. The van der Waals surface area contributed by atoms with Gasteiger partial charge in [0.15, 0.2) is 0 Å². The van der Waals surface area contributed by atoms with E-state index in [4.69, 9.17) is 9.97 Å². The van der Waals surface area contributed by atoms with Crippen LogP contribution in [0.4, 0.5) is 0 Å². The topological polar surface area (TPSA) is 30.2 Å². The van der Waals surface area contributed by atoms with Gasteiger partial charge in [0.05, 0.1) is 28.9 Å². The van der Waals surface area contributed by atoms with E-state index in [0.717, 1.165) is 23.7 Å². The van der Waals surface area contributed by atoms with E-state index in [9.17, 15) is 0 Å². The summed E-state index contributed by atoms with van der Waals surface area (Å²) >= 11 is 0. The molecule has 7 unspecified atom stereocenters. The van der Waals surface area contributed by atoms with Crippen LogP contribution in [0.25, 0.3) is 60.3 Å². The molecule has 5 saturated carbocycles. The lowest BCUT2D eigenvalue weighted by molar-refractivity contribution is 0.00321. The standard InChI is InChI=1S/C50H45N3/c1-49(2)38-9-4-3-6-34(38)35-8-5-7-33(45(35)49)26-17-36-43-39(22-51-46-28-13-24-10-25(14-28)12-27(11-24)41(43)46)53-40-23-52-47-30-16-32-19-31-15-29(20-50(31,32)21-30)42(47)44(40)37(18-26)48(36)53/h3-9,17-18,22-25,27-32H,10-16,19-21H2,1-2H3. The number of nitrogens with zero attached hydrogens (tertiary/aromatic N) is 3. The highest BCUT2D eigenvalue weighted by Crippen LogP contribution is 2.76. The minimum Gasteiger partial charge on any atom is -0.305 e. The van der Waals surface area contributed by atoms with Crippen molar-refractivity contribution in [3.05, 3.63) is 101 Å².